The molecule has 0 aliphatic carbocycles. The van der Waals surface area contributed by atoms with Gasteiger partial charge in [-0.05, 0) is 43.2 Å². The molecular formula is C20H22Cl2N2O3. The van der Waals surface area contributed by atoms with E-state index in [9.17, 15) is 9.59 Å². The Labute approximate surface area is 169 Å². The number of amides is 2. The molecule has 0 saturated heterocycles. The van der Waals surface area contributed by atoms with Crippen LogP contribution in [-0.2, 0) is 16.0 Å². The Kier molecular flexibility index (Phi) is 7.95. The summed E-state index contributed by atoms with van der Waals surface area (Å²) in [6.45, 7) is 2.27. The average Bonchev–Trinajstić information content (AvgIpc) is 2.65. The zero-order chi connectivity index (χ0) is 19.8. The van der Waals surface area contributed by atoms with Crippen molar-refractivity contribution >= 4 is 40.7 Å². The first-order valence-electron chi connectivity index (χ1n) is 8.58. The highest BCUT2D eigenvalue weighted by atomic mass is 35.5. The molecule has 0 aliphatic rings. The van der Waals surface area contributed by atoms with Gasteiger partial charge in [-0.15, -0.1) is 0 Å². The number of ether oxygens (including phenoxy) is 1. The van der Waals surface area contributed by atoms with Crippen molar-refractivity contribution in [3.05, 3.63) is 58.1 Å². The quantitative estimate of drug-likeness (QED) is 0.702. The number of rotatable bonds is 8. The molecule has 0 aromatic heterocycles. The third-order valence-electron chi connectivity index (χ3n) is 4.05. The normalized spacial score (nSPS) is 10.4. The molecule has 27 heavy (non-hydrogen) atoms. The molecule has 0 bridgehead atoms. The van der Waals surface area contributed by atoms with Crippen molar-refractivity contribution in [2.24, 2.45) is 0 Å². The van der Waals surface area contributed by atoms with Crippen LogP contribution < -0.4 is 10.1 Å². The van der Waals surface area contributed by atoms with Crippen LogP contribution in [0.5, 0.6) is 5.75 Å². The Morgan fingerprint density at radius 2 is 1.93 bits per heavy atom. The van der Waals surface area contributed by atoms with Crippen LogP contribution in [0.3, 0.4) is 0 Å². The Morgan fingerprint density at radius 1 is 1.15 bits per heavy atom. The molecule has 0 atom stereocenters. The highest BCUT2D eigenvalue weighted by molar-refractivity contribution is 6.35. The van der Waals surface area contributed by atoms with E-state index in [4.69, 9.17) is 27.9 Å². The average molecular weight is 409 g/mol. The second kappa shape index (κ2) is 10.2. The molecule has 2 aromatic rings. The molecule has 0 spiro atoms. The van der Waals surface area contributed by atoms with E-state index in [2.05, 4.69) is 5.32 Å². The van der Waals surface area contributed by atoms with Crippen LogP contribution in [0.1, 0.15) is 18.9 Å². The molecule has 0 saturated carbocycles. The summed E-state index contributed by atoms with van der Waals surface area (Å²) in [5, 5.41) is 3.87. The van der Waals surface area contributed by atoms with Gasteiger partial charge in [0, 0.05) is 34.8 Å². The van der Waals surface area contributed by atoms with Crippen LogP contribution in [0.2, 0.25) is 10.0 Å². The first-order valence-corrected chi connectivity index (χ1v) is 9.34. The van der Waals surface area contributed by atoms with E-state index >= 15 is 0 Å². The number of nitrogens with zero attached hydrogens (tertiary/aromatic N) is 1. The van der Waals surface area contributed by atoms with Gasteiger partial charge in [-0.1, -0.05) is 35.3 Å². The van der Waals surface area contributed by atoms with Gasteiger partial charge in [-0.25, -0.2) is 0 Å². The third-order valence-corrected chi connectivity index (χ3v) is 4.63. The molecule has 5 nitrogen and oxygen atoms in total. The lowest BCUT2D eigenvalue weighted by Crippen LogP contribution is -2.38. The Bertz CT molecular complexity index is 812. The number of benzene rings is 2. The molecule has 144 valence electrons. The highest BCUT2D eigenvalue weighted by Gasteiger charge is 2.16. The molecule has 0 heterocycles. The molecule has 0 fully saturated rings. The first-order chi connectivity index (χ1) is 12.9. The predicted octanol–water partition coefficient (Wildman–Crippen LogP) is 4.42. The van der Waals surface area contributed by atoms with Crippen LogP contribution in [0.25, 0.3) is 0 Å². The maximum atomic E-state index is 12.5. The number of carbonyl (C=O) groups is 2. The summed E-state index contributed by atoms with van der Waals surface area (Å²) in [5.74, 6) is 0.281. The summed E-state index contributed by atoms with van der Waals surface area (Å²) >= 11 is 12.0. The van der Waals surface area contributed by atoms with E-state index in [0.717, 1.165) is 5.56 Å². The second-order valence-electron chi connectivity index (χ2n) is 5.92. The van der Waals surface area contributed by atoms with Gasteiger partial charge < -0.3 is 15.0 Å². The van der Waals surface area contributed by atoms with Crippen molar-refractivity contribution in [1.82, 2.24) is 4.90 Å². The molecule has 7 heteroatoms. The van der Waals surface area contributed by atoms with Crippen molar-refractivity contribution in [3.8, 4) is 5.75 Å². The zero-order valence-corrected chi connectivity index (χ0v) is 16.8. The van der Waals surface area contributed by atoms with Gasteiger partial charge in [0.25, 0.3) is 0 Å². The number of carbonyl (C=O) groups excluding carboxylic acids is 2. The lowest BCUT2D eigenvalue weighted by molar-refractivity contribution is -0.134. The maximum Gasteiger partial charge on any atom is 0.243 e. The Balaban J connectivity index is 1.90. The van der Waals surface area contributed by atoms with Crippen molar-refractivity contribution in [3.63, 3.8) is 0 Å². The van der Waals surface area contributed by atoms with Crippen LogP contribution in [0.4, 0.5) is 5.69 Å². The van der Waals surface area contributed by atoms with Crippen LogP contribution in [0, 0.1) is 0 Å². The van der Waals surface area contributed by atoms with Crippen molar-refractivity contribution in [1.29, 1.82) is 0 Å². The lowest BCUT2D eigenvalue weighted by atomic mass is 10.1. The molecular weight excluding hydrogens is 387 g/mol. The van der Waals surface area contributed by atoms with Crippen LogP contribution in [-0.4, -0.2) is 36.9 Å². The molecule has 1 N–H and O–H groups in total. The standard InChI is InChI=1S/C20H22Cl2N2O3/c1-3-24(13-19(25)23-16-5-4-6-17(12-16)27-2)20(26)10-8-14-7-9-15(21)11-18(14)22/h4-7,9,11-12H,3,8,10,13H2,1-2H3,(H,23,25). The van der Waals surface area contributed by atoms with Gasteiger partial charge in [0.05, 0.1) is 13.7 Å². The van der Waals surface area contributed by atoms with Crippen molar-refractivity contribution in [2.45, 2.75) is 19.8 Å². The molecule has 0 unspecified atom stereocenters. The zero-order valence-electron chi connectivity index (χ0n) is 15.3. The summed E-state index contributed by atoms with van der Waals surface area (Å²) in [6, 6.07) is 12.3. The Hall–Kier alpha value is -2.24. The van der Waals surface area contributed by atoms with Gasteiger partial charge in [-0.3, -0.25) is 9.59 Å². The number of hydrogen-bond donors (Lipinski definition) is 1. The summed E-state index contributed by atoms with van der Waals surface area (Å²) in [5.41, 5.74) is 1.47. The molecule has 2 rings (SSSR count). The number of anilines is 1. The monoisotopic (exact) mass is 408 g/mol. The van der Waals surface area contributed by atoms with Gasteiger partial charge in [0.2, 0.25) is 11.8 Å². The minimum absolute atomic E-state index is 0.0130. The second-order valence-corrected chi connectivity index (χ2v) is 6.77. The van der Waals surface area contributed by atoms with Crippen molar-refractivity contribution < 1.29 is 14.3 Å². The molecule has 2 aromatic carbocycles. The van der Waals surface area contributed by atoms with Crippen LogP contribution >= 0.6 is 23.2 Å². The summed E-state index contributed by atoms with van der Waals surface area (Å²) in [4.78, 5) is 26.3. The number of halogens is 2. The minimum Gasteiger partial charge on any atom is -0.497 e. The largest absolute Gasteiger partial charge is 0.497 e. The maximum absolute atomic E-state index is 12.5. The Morgan fingerprint density at radius 3 is 2.59 bits per heavy atom. The van der Waals surface area contributed by atoms with E-state index < -0.39 is 0 Å². The predicted molar refractivity (Wildman–Crippen MR) is 109 cm³/mol. The molecule has 0 radical (unpaired) electrons. The fourth-order valence-corrected chi connectivity index (χ4v) is 3.08. The fraction of sp³-hybridized carbons (Fsp3) is 0.300. The molecule has 2 amide bonds. The van der Waals surface area contributed by atoms with Crippen molar-refractivity contribution in [2.75, 3.05) is 25.5 Å². The van der Waals surface area contributed by atoms with E-state index in [1.807, 2.05) is 13.0 Å². The third kappa shape index (κ3) is 6.45. The van der Waals surface area contributed by atoms with Gasteiger partial charge >= 0.3 is 0 Å². The summed E-state index contributed by atoms with van der Waals surface area (Å²) in [7, 11) is 1.56. The molecule has 0 aliphatic heterocycles. The lowest BCUT2D eigenvalue weighted by Gasteiger charge is -2.20. The number of hydrogen-bond acceptors (Lipinski definition) is 3. The van der Waals surface area contributed by atoms with E-state index in [0.29, 0.717) is 34.4 Å². The number of methoxy groups -OCH3 is 1. The first kappa shape index (κ1) is 21.1. The van der Waals surface area contributed by atoms with Gasteiger partial charge in [0.15, 0.2) is 0 Å². The topological polar surface area (TPSA) is 58.6 Å². The number of aryl methyl sites for hydroxylation is 1. The minimum atomic E-state index is -0.261. The smallest absolute Gasteiger partial charge is 0.243 e. The summed E-state index contributed by atoms with van der Waals surface area (Å²) < 4.78 is 5.13. The van der Waals surface area contributed by atoms with E-state index in [1.54, 1.807) is 43.5 Å². The van der Waals surface area contributed by atoms with E-state index in [-0.39, 0.29) is 24.8 Å². The highest BCUT2D eigenvalue weighted by Crippen LogP contribution is 2.22. The number of nitrogens with one attached hydrogen (secondary N) is 1. The van der Waals surface area contributed by atoms with Gasteiger partial charge in [-0.2, -0.15) is 0 Å². The van der Waals surface area contributed by atoms with Gasteiger partial charge in [0.1, 0.15) is 5.75 Å². The van der Waals surface area contributed by atoms with Crippen LogP contribution in [0.15, 0.2) is 42.5 Å². The number of likely N-dealkylation sites (N-methyl/N-ethyl adjacent to an activating group) is 1. The van der Waals surface area contributed by atoms with E-state index in [1.165, 1.54) is 4.90 Å². The summed E-state index contributed by atoms with van der Waals surface area (Å²) in [6.07, 6.45) is 0.754. The fourth-order valence-electron chi connectivity index (χ4n) is 2.58. The SMILES string of the molecule is CCN(CC(=O)Nc1cccc(OC)c1)C(=O)CCc1ccc(Cl)cc1Cl.